The number of Topliss-reactive ketones (excluding diaryl/α,β-unsaturated/α-hetero) is 1. The van der Waals surface area contributed by atoms with E-state index in [2.05, 4.69) is 0 Å². The lowest BCUT2D eigenvalue weighted by atomic mass is 9.94. The van der Waals surface area contributed by atoms with Crippen LogP contribution >= 0.6 is 0 Å². The molecular formula is C25H27NO6. The fourth-order valence-corrected chi connectivity index (χ4v) is 4.31. The molecule has 7 heteroatoms. The van der Waals surface area contributed by atoms with E-state index in [4.69, 9.17) is 14.2 Å². The second-order valence-corrected chi connectivity index (χ2v) is 8.06. The average molecular weight is 437 g/mol. The van der Waals surface area contributed by atoms with Crippen LogP contribution in [-0.2, 0) is 14.3 Å². The highest BCUT2D eigenvalue weighted by atomic mass is 16.5. The van der Waals surface area contributed by atoms with E-state index in [1.165, 1.54) is 12.0 Å². The summed E-state index contributed by atoms with van der Waals surface area (Å²) in [5, 5.41) is 11.2. The van der Waals surface area contributed by atoms with Gasteiger partial charge in [-0.2, -0.15) is 0 Å². The summed E-state index contributed by atoms with van der Waals surface area (Å²) >= 11 is 0. The molecule has 7 nitrogen and oxygen atoms in total. The van der Waals surface area contributed by atoms with Gasteiger partial charge in [0.1, 0.15) is 17.3 Å². The summed E-state index contributed by atoms with van der Waals surface area (Å²) in [5.74, 6) is -0.536. The molecular weight excluding hydrogens is 410 g/mol. The molecule has 2 aromatic rings. The Morgan fingerprint density at radius 3 is 2.50 bits per heavy atom. The number of benzene rings is 2. The first-order valence-electron chi connectivity index (χ1n) is 10.6. The van der Waals surface area contributed by atoms with E-state index in [1.807, 2.05) is 19.1 Å². The third-order valence-corrected chi connectivity index (χ3v) is 6.02. The van der Waals surface area contributed by atoms with E-state index in [1.54, 1.807) is 37.4 Å². The molecule has 2 atom stereocenters. The van der Waals surface area contributed by atoms with Crippen LogP contribution in [0.4, 0.5) is 0 Å². The highest BCUT2D eigenvalue weighted by Crippen LogP contribution is 2.44. The third kappa shape index (κ3) is 3.96. The van der Waals surface area contributed by atoms with Crippen molar-refractivity contribution in [1.29, 1.82) is 0 Å². The number of aliphatic hydroxyl groups is 1. The smallest absolute Gasteiger partial charge is 0.295 e. The third-order valence-electron chi connectivity index (χ3n) is 6.02. The van der Waals surface area contributed by atoms with E-state index in [-0.39, 0.29) is 24.0 Å². The Hall–Kier alpha value is -3.32. The zero-order valence-corrected chi connectivity index (χ0v) is 18.5. The summed E-state index contributed by atoms with van der Waals surface area (Å²) < 4.78 is 16.6. The molecule has 0 saturated carbocycles. The molecule has 0 radical (unpaired) electrons. The first kappa shape index (κ1) is 21.9. The Kier molecular flexibility index (Phi) is 6.19. The monoisotopic (exact) mass is 437 g/mol. The van der Waals surface area contributed by atoms with Gasteiger partial charge >= 0.3 is 0 Å². The summed E-state index contributed by atoms with van der Waals surface area (Å²) in [5.41, 5.74) is 2.14. The quantitative estimate of drug-likeness (QED) is 0.422. The zero-order chi connectivity index (χ0) is 22.8. The predicted octanol–water partition coefficient (Wildman–Crippen LogP) is 3.61. The van der Waals surface area contributed by atoms with Crippen LogP contribution in [0.25, 0.3) is 5.76 Å². The van der Waals surface area contributed by atoms with Crippen molar-refractivity contribution in [1.82, 2.24) is 4.90 Å². The molecule has 0 bridgehead atoms. The van der Waals surface area contributed by atoms with Crippen molar-refractivity contribution in [2.24, 2.45) is 0 Å². The topological polar surface area (TPSA) is 85.3 Å². The maximum Gasteiger partial charge on any atom is 0.295 e. The molecule has 1 amide bonds. The second kappa shape index (κ2) is 9.04. The van der Waals surface area contributed by atoms with Crippen LogP contribution in [0, 0.1) is 6.92 Å². The van der Waals surface area contributed by atoms with E-state index in [0.717, 1.165) is 18.4 Å². The molecule has 1 N–H and O–H groups in total. The Balaban J connectivity index is 1.87. The van der Waals surface area contributed by atoms with Crippen molar-refractivity contribution in [2.75, 3.05) is 27.4 Å². The summed E-state index contributed by atoms with van der Waals surface area (Å²) in [6, 6.07) is 11.6. The lowest BCUT2D eigenvalue weighted by Crippen LogP contribution is -2.36. The molecule has 2 aliphatic rings. The summed E-state index contributed by atoms with van der Waals surface area (Å²) in [6.45, 7) is 2.83. The minimum Gasteiger partial charge on any atom is -0.507 e. The molecule has 0 spiro atoms. The van der Waals surface area contributed by atoms with Gasteiger partial charge in [-0.25, -0.2) is 0 Å². The molecule has 0 unspecified atom stereocenters. The van der Waals surface area contributed by atoms with Crippen LogP contribution < -0.4 is 9.47 Å². The standard InChI is InChI=1S/C25H27NO6/c1-15-6-8-16(9-7-15)23(27)21-22(19-11-10-17(30-2)13-20(19)31-3)26(25(29)24(21)28)14-18-5-4-12-32-18/h6-11,13,18,22,27H,4-5,12,14H2,1-3H3/t18-,22+/m0/s1. The van der Waals surface area contributed by atoms with Crippen molar-refractivity contribution in [2.45, 2.75) is 31.9 Å². The molecule has 2 saturated heterocycles. The number of aryl methyl sites for hydroxylation is 1. The summed E-state index contributed by atoms with van der Waals surface area (Å²) in [4.78, 5) is 27.8. The predicted molar refractivity (Wildman–Crippen MR) is 119 cm³/mol. The molecule has 32 heavy (non-hydrogen) atoms. The molecule has 2 heterocycles. The van der Waals surface area contributed by atoms with Crippen LogP contribution in [0.5, 0.6) is 11.5 Å². The zero-order valence-electron chi connectivity index (χ0n) is 18.5. The van der Waals surface area contributed by atoms with E-state index in [0.29, 0.717) is 29.2 Å². The molecule has 2 aromatic carbocycles. The van der Waals surface area contributed by atoms with Gasteiger partial charge in [0.05, 0.1) is 31.9 Å². The second-order valence-electron chi connectivity index (χ2n) is 8.06. The normalized spacial score (nSPS) is 22.4. The number of ether oxygens (including phenoxy) is 3. The van der Waals surface area contributed by atoms with Crippen LogP contribution in [0.1, 0.15) is 35.6 Å². The van der Waals surface area contributed by atoms with Gasteiger partial charge in [-0.15, -0.1) is 0 Å². The maximum absolute atomic E-state index is 13.2. The van der Waals surface area contributed by atoms with Gasteiger partial charge in [0.2, 0.25) is 0 Å². The Morgan fingerprint density at radius 2 is 1.88 bits per heavy atom. The van der Waals surface area contributed by atoms with Crippen LogP contribution in [0.2, 0.25) is 0 Å². The number of rotatable bonds is 6. The molecule has 0 aromatic heterocycles. The Bertz CT molecular complexity index is 1050. The molecule has 2 fully saturated rings. The van der Waals surface area contributed by atoms with Gasteiger partial charge < -0.3 is 24.2 Å². The fraction of sp³-hybridized carbons (Fsp3) is 0.360. The maximum atomic E-state index is 13.2. The van der Waals surface area contributed by atoms with Crippen molar-refractivity contribution in [3.8, 4) is 11.5 Å². The lowest BCUT2D eigenvalue weighted by Gasteiger charge is -2.28. The number of carbonyl (C=O) groups is 2. The highest BCUT2D eigenvalue weighted by molar-refractivity contribution is 6.46. The SMILES string of the molecule is COc1ccc([C@@H]2C(=C(O)c3ccc(C)cc3)C(=O)C(=O)N2C[C@@H]2CCCO2)c(OC)c1. The van der Waals surface area contributed by atoms with Gasteiger partial charge in [0, 0.05) is 30.3 Å². The van der Waals surface area contributed by atoms with Gasteiger partial charge in [-0.1, -0.05) is 29.8 Å². The first-order chi connectivity index (χ1) is 15.4. The summed E-state index contributed by atoms with van der Waals surface area (Å²) in [7, 11) is 3.07. The number of aliphatic hydroxyl groups excluding tert-OH is 1. The number of ketones is 1. The van der Waals surface area contributed by atoms with Crippen molar-refractivity contribution in [3.05, 3.63) is 64.7 Å². The number of amides is 1. The van der Waals surface area contributed by atoms with Gasteiger partial charge in [0.25, 0.3) is 11.7 Å². The van der Waals surface area contributed by atoms with Crippen molar-refractivity contribution >= 4 is 17.4 Å². The van der Waals surface area contributed by atoms with Gasteiger partial charge in [0.15, 0.2) is 0 Å². The average Bonchev–Trinajstić information content (AvgIpc) is 3.41. The number of methoxy groups -OCH3 is 2. The number of nitrogens with zero attached hydrogens (tertiary/aromatic N) is 1. The van der Waals surface area contributed by atoms with Gasteiger partial charge in [-0.3, -0.25) is 9.59 Å². The van der Waals surface area contributed by atoms with Crippen LogP contribution in [0.3, 0.4) is 0 Å². The Labute approximate surface area is 187 Å². The largest absolute Gasteiger partial charge is 0.507 e. The van der Waals surface area contributed by atoms with Crippen LogP contribution in [-0.4, -0.2) is 55.2 Å². The van der Waals surface area contributed by atoms with E-state index >= 15 is 0 Å². The number of hydrogen-bond acceptors (Lipinski definition) is 6. The molecule has 168 valence electrons. The lowest BCUT2D eigenvalue weighted by molar-refractivity contribution is -0.140. The van der Waals surface area contributed by atoms with Crippen molar-refractivity contribution in [3.63, 3.8) is 0 Å². The fourth-order valence-electron chi connectivity index (χ4n) is 4.31. The minimum absolute atomic E-state index is 0.0420. The first-order valence-corrected chi connectivity index (χ1v) is 10.6. The number of carbonyl (C=O) groups excluding carboxylic acids is 2. The molecule has 2 aliphatic heterocycles. The Morgan fingerprint density at radius 1 is 1.12 bits per heavy atom. The minimum atomic E-state index is -0.804. The number of hydrogen-bond donors (Lipinski definition) is 1. The van der Waals surface area contributed by atoms with Gasteiger partial charge in [-0.05, 0) is 31.9 Å². The summed E-state index contributed by atoms with van der Waals surface area (Å²) in [6.07, 6.45) is 1.57. The van der Waals surface area contributed by atoms with Crippen LogP contribution in [0.15, 0.2) is 48.0 Å². The molecule has 0 aliphatic carbocycles. The van der Waals surface area contributed by atoms with E-state index in [9.17, 15) is 14.7 Å². The number of likely N-dealkylation sites (tertiary alicyclic amines) is 1. The van der Waals surface area contributed by atoms with E-state index < -0.39 is 17.7 Å². The molecule has 4 rings (SSSR count). The highest BCUT2D eigenvalue weighted by Gasteiger charge is 2.48. The van der Waals surface area contributed by atoms with Crippen molar-refractivity contribution < 1.29 is 28.9 Å².